The Bertz CT molecular complexity index is 1020. The van der Waals surface area contributed by atoms with Crippen molar-refractivity contribution in [2.45, 2.75) is 22.1 Å². The van der Waals surface area contributed by atoms with Crippen LogP contribution in [0.15, 0.2) is 27.4 Å². The predicted molar refractivity (Wildman–Crippen MR) is 110 cm³/mol. The van der Waals surface area contributed by atoms with Crippen molar-refractivity contribution in [3.05, 3.63) is 28.8 Å². The minimum absolute atomic E-state index is 0.0144. The zero-order valence-electron chi connectivity index (χ0n) is 15.3. The molecule has 1 aromatic heterocycles. The topological polar surface area (TPSA) is 119 Å². The van der Waals surface area contributed by atoms with Crippen molar-refractivity contribution >= 4 is 61.7 Å². The van der Waals surface area contributed by atoms with E-state index in [2.05, 4.69) is 20.3 Å². The minimum Gasteiger partial charge on any atom is -0.468 e. The second-order valence-electron chi connectivity index (χ2n) is 5.94. The highest BCUT2D eigenvalue weighted by atomic mass is 35.5. The van der Waals surface area contributed by atoms with Crippen LogP contribution in [-0.2, 0) is 19.6 Å². The first kappa shape index (κ1) is 22.0. The molecule has 1 aromatic carbocycles. The molecule has 3 rings (SSSR count). The Hall–Kier alpha value is -1.73. The summed E-state index contributed by atoms with van der Waals surface area (Å²) < 4.78 is 31.9. The summed E-state index contributed by atoms with van der Waals surface area (Å²) in [6.07, 6.45) is 1.63. The number of nitrogens with zero attached hydrogens (tertiary/aromatic N) is 3. The SMILES string of the molecule is COC(=O)CSc1nnc(NC(=O)c2cc(S(=O)(=O)N3CCCC3)ccc2Cl)s1. The summed E-state index contributed by atoms with van der Waals surface area (Å²) in [4.78, 5) is 23.8. The fraction of sp³-hybridized carbons (Fsp3) is 0.375. The summed E-state index contributed by atoms with van der Waals surface area (Å²) in [5.74, 6) is -0.936. The van der Waals surface area contributed by atoms with Gasteiger partial charge in [-0.05, 0) is 31.0 Å². The van der Waals surface area contributed by atoms with Crippen LogP contribution >= 0.6 is 34.7 Å². The quantitative estimate of drug-likeness (QED) is 0.368. The first-order valence-corrected chi connectivity index (χ1v) is 12.1. The van der Waals surface area contributed by atoms with Crippen LogP contribution in [0, 0.1) is 0 Å². The Kier molecular flexibility index (Phi) is 7.11. The van der Waals surface area contributed by atoms with Crippen molar-refractivity contribution in [3.8, 4) is 0 Å². The molecule has 1 N–H and O–H groups in total. The van der Waals surface area contributed by atoms with Crippen molar-refractivity contribution in [2.75, 3.05) is 31.3 Å². The van der Waals surface area contributed by atoms with E-state index in [-0.39, 0.29) is 26.4 Å². The number of methoxy groups -OCH3 is 1. The van der Waals surface area contributed by atoms with Crippen LogP contribution in [0.4, 0.5) is 5.13 Å². The zero-order chi connectivity index (χ0) is 21.0. The highest BCUT2D eigenvalue weighted by molar-refractivity contribution is 8.01. The number of hydrogen-bond acceptors (Lipinski definition) is 9. The van der Waals surface area contributed by atoms with E-state index in [4.69, 9.17) is 11.6 Å². The van der Waals surface area contributed by atoms with Gasteiger partial charge >= 0.3 is 5.97 Å². The number of aromatic nitrogens is 2. The molecule has 1 aliphatic heterocycles. The molecule has 2 aromatic rings. The first-order chi connectivity index (χ1) is 13.8. The average molecular weight is 477 g/mol. The van der Waals surface area contributed by atoms with Gasteiger partial charge in [-0.2, -0.15) is 4.31 Å². The van der Waals surface area contributed by atoms with Crippen molar-refractivity contribution < 1.29 is 22.7 Å². The van der Waals surface area contributed by atoms with E-state index in [1.165, 1.54) is 29.6 Å². The second-order valence-corrected chi connectivity index (χ2v) is 10.5. The van der Waals surface area contributed by atoms with Crippen LogP contribution < -0.4 is 5.32 Å². The van der Waals surface area contributed by atoms with Gasteiger partial charge in [-0.25, -0.2) is 8.42 Å². The molecule has 0 radical (unpaired) electrons. The van der Waals surface area contributed by atoms with E-state index >= 15 is 0 Å². The Labute approximate surface area is 180 Å². The van der Waals surface area contributed by atoms with Gasteiger partial charge in [0.25, 0.3) is 5.91 Å². The van der Waals surface area contributed by atoms with E-state index in [0.717, 1.165) is 35.9 Å². The maximum atomic E-state index is 12.7. The summed E-state index contributed by atoms with van der Waals surface area (Å²) in [6, 6.07) is 4.04. The number of ether oxygens (including phenoxy) is 1. The lowest BCUT2D eigenvalue weighted by Gasteiger charge is -2.16. The van der Waals surface area contributed by atoms with E-state index < -0.39 is 21.9 Å². The lowest BCUT2D eigenvalue weighted by Crippen LogP contribution is -2.28. The highest BCUT2D eigenvalue weighted by Gasteiger charge is 2.28. The number of halogens is 1. The summed E-state index contributed by atoms with van der Waals surface area (Å²) in [7, 11) is -2.39. The summed E-state index contributed by atoms with van der Waals surface area (Å²) >= 11 is 8.32. The normalized spacial score (nSPS) is 14.7. The monoisotopic (exact) mass is 476 g/mol. The number of rotatable bonds is 7. The van der Waals surface area contributed by atoms with Crippen LogP contribution in [0.1, 0.15) is 23.2 Å². The second kappa shape index (κ2) is 9.39. The standard InChI is InChI=1S/C16H17ClN4O5S3/c1-26-13(22)9-27-16-20-19-15(28-16)18-14(23)11-8-10(4-5-12(11)17)29(24,25)21-6-2-3-7-21/h4-5,8H,2-3,6-7,9H2,1H3,(H,18,19,23). The third-order valence-corrected chi connectivity index (χ3v) is 8.22. The molecule has 0 bridgehead atoms. The number of carbonyl (C=O) groups excluding carboxylic acids is 2. The molecule has 0 atom stereocenters. The number of amides is 1. The van der Waals surface area contributed by atoms with Gasteiger partial charge in [-0.3, -0.25) is 14.9 Å². The van der Waals surface area contributed by atoms with Crippen LogP contribution in [0.25, 0.3) is 0 Å². The molecular formula is C16H17ClN4O5S3. The Balaban J connectivity index is 1.74. The largest absolute Gasteiger partial charge is 0.468 e. The molecule has 0 spiro atoms. The van der Waals surface area contributed by atoms with Crippen molar-refractivity contribution in [1.82, 2.24) is 14.5 Å². The number of thioether (sulfide) groups is 1. The van der Waals surface area contributed by atoms with Crippen LogP contribution in [0.2, 0.25) is 5.02 Å². The predicted octanol–water partition coefficient (Wildman–Crippen LogP) is 2.49. The van der Waals surface area contributed by atoms with Gasteiger partial charge in [0.15, 0.2) is 4.34 Å². The molecular weight excluding hydrogens is 460 g/mol. The maximum absolute atomic E-state index is 12.7. The number of benzene rings is 1. The zero-order valence-corrected chi connectivity index (χ0v) is 18.5. The van der Waals surface area contributed by atoms with Gasteiger partial charge in [-0.15, -0.1) is 10.2 Å². The van der Waals surface area contributed by atoms with Gasteiger partial charge in [-0.1, -0.05) is 34.7 Å². The first-order valence-electron chi connectivity index (χ1n) is 8.45. The van der Waals surface area contributed by atoms with E-state index in [1.54, 1.807) is 0 Å². The summed E-state index contributed by atoms with van der Waals surface area (Å²) in [6.45, 7) is 0.923. The summed E-state index contributed by atoms with van der Waals surface area (Å²) in [5, 5.41) is 10.6. The average Bonchev–Trinajstić information content (AvgIpc) is 3.38. The number of esters is 1. The molecule has 156 valence electrons. The van der Waals surface area contributed by atoms with Crippen LogP contribution in [0.5, 0.6) is 0 Å². The van der Waals surface area contributed by atoms with Gasteiger partial charge in [0, 0.05) is 13.1 Å². The maximum Gasteiger partial charge on any atom is 0.316 e. The Morgan fingerprint density at radius 2 is 2.03 bits per heavy atom. The summed E-state index contributed by atoms with van der Waals surface area (Å²) in [5.41, 5.74) is 0.0194. The third-order valence-electron chi connectivity index (χ3n) is 4.05. The van der Waals surface area contributed by atoms with Crippen LogP contribution in [0.3, 0.4) is 0 Å². The molecule has 0 aliphatic carbocycles. The van der Waals surface area contributed by atoms with Gasteiger partial charge in [0.05, 0.1) is 28.3 Å². The molecule has 1 amide bonds. The fourth-order valence-corrected chi connectivity index (χ4v) is 5.91. The smallest absolute Gasteiger partial charge is 0.316 e. The van der Waals surface area contributed by atoms with Crippen molar-refractivity contribution in [3.63, 3.8) is 0 Å². The third kappa shape index (κ3) is 5.25. The molecule has 2 heterocycles. The number of anilines is 1. The van der Waals surface area contributed by atoms with E-state index in [0.29, 0.717) is 17.4 Å². The minimum atomic E-state index is -3.68. The van der Waals surface area contributed by atoms with Gasteiger partial charge < -0.3 is 4.74 Å². The highest BCUT2D eigenvalue weighted by Crippen LogP contribution is 2.28. The molecule has 1 aliphatic rings. The molecule has 9 nitrogen and oxygen atoms in total. The molecule has 0 saturated carbocycles. The lowest BCUT2D eigenvalue weighted by atomic mass is 10.2. The molecule has 1 saturated heterocycles. The number of nitrogens with one attached hydrogen (secondary N) is 1. The molecule has 13 heteroatoms. The molecule has 0 unspecified atom stereocenters. The van der Waals surface area contributed by atoms with E-state index in [1.807, 2.05) is 0 Å². The van der Waals surface area contributed by atoms with Gasteiger partial charge in [0.1, 0.15) is 0 Å². The number of hydrogen-bond donors (Lipinski definition) is 1. The molecule has 29 heavy (non-hydrogen) atoms. The number of sulfonamides is 1. The Morgan fingerprint density at radius 3 is 2.72 bits per heavy atom. The van der Waals surface area contributed by atoms with E-state index in [9.17, 15) is 18.0 Å². The number of carbonyl (C=O) groups is 2. The lowest BCUT2D eigenvalue weighted by molar-refractivity contribution is -0.137. The van der Waals surface area contributed by atoms with Crippen LogP contribution in [-0.4, -0.2) is 60.7 Å². The van der Waals surface area contributed by atoms with Crippen molar-refractivity contribution in [1.29, 1.82) is 0 Å². The Morgan fingerprint density at radius 1 is 1.31 bits per heavy atom. The fourth-order valence-electron chi connectivity index (χ4n) is 2.58. The van der Waals surface area contributed by atoms with Gasteiger partial charge in [0.2, 0.25) is 15.2 Å². The van der Waals surface area contributed by atoms with Crippen molar-refractivity contribution in [2.24, 2.45) is 0 Å². The molecule has 1 fully saturated rings.